The number of nitrogens with zero attached hydrogens (tertiary/aromatic N) is 1. The molecule has 0 heterocycles. The summed E-state index contributed by atoms with van der Waals surface area (Å²) in [6.07, 6.45) is 1.54. The van der Waals surface area contributed by atoms with E-state index in [9.17, 15) is 10.1 Å². The van der Waals surface area contributed by atoms with Crippen molar-refractivity contribution in [3.63, 3.8) is 0 Å². The van der Waals surface area contributed by atoms with Gasteiger partial charge in [-0.05, 0) is 0 Å². The molecule has 6 heavy (non-hydrogen) atoms. The van der Waals surface area contributed by atoms with Crippen LogP contribution in [0, 0.1) is 10.1 Å². The highest BCUT2D eigenvalue weighted by Crippen LogP contribution is 1.62. The smallest absolute Gasteiger partial charge is 0.249 e. The van der Waals surface area contributed by atoms with Gasteiger partial charge >= 0.3 is 0 Å². The van der Waals surface area contributed by atoms with Crippen molar-refractivity contribution in [3.8, 4) is 0 Å². The molecular formula is C2H4N2O2. The van der Waals surface area contributed by atoms with Gasteiger partial charge in [0.25, 0.3) is 0 Å². The van der Waals surface area contributed by atoms with Gasteiger partial charge in [0.15, 0.2) is 0 Å². The first-order valence-electron chi connectivity index (χ1n) is 1.29. The lowest BCUT2D eigenvalue weighted by atomic mass is 11.0. The highest BCUT2D eigenvalue weighted by Gasteiger charge is 1.74. The van der Waals surface area contributed by atoms with Crippen LogP contribution in [0.1, 0.15) is 0 Å². The number of hydrogen-bond donors (Lipinski definition) is 1. The van der Waals surface area contributed by atoms with Crippen LogP contribution in [-0.4, -0.2) is 4.92 Å². The van der Waals surface area contributed by atoms with Gasteiger partial charge in [-0.2, -0.15) is 0 Å². The number of nitrogens with two attached hydrogens (primary N) is 1. The predicted molar refractivity (Wildman–Crippen MR) is 20.3 cm³/mol. The van der Waals surface area contributed by atoms with Crippen molar-refractivity contribution >= 4 is 0 Å². The fourth-order valence-corrected chi connectivity index (χ4v) is 0.0703. The Bertz CT molecular complexity index is 77.6. The van der Waals surface area contributed by atoms with Crippen LogP contribution >= 0.6 is 0 Å². The van der Waals surface area contributed by atoms with Crippen molar-refractivity contribution in [3.05, 3.63) is 22.5 Å². The van der Waals surface area contributed by atoms with Crippen LogP contribution in [0.5, 0.6) is 0 Å². The van der Waals surface area contributed by atoms with E-state index in [1.807, 2.05) is 0 Å². The molecule has 0 atom stereocenters. The maximum atomic E-state index is 9.24. The fraction of sp³-hybridized carbons (Fsp3) is 0. The molecule has 0 rings (SSSR count). The standard InChI is InChI=1S/C2H4N2O2/c3-1-2-4(5)6/h1-2H,3H2/b2-1-. The van der Waals surface area contributed by atoms with Crippen LogP contribution in [-0.2, 0) is 0 Å². The maximum absolute atomic E-state index is 9.24. The molecule has 4 nitrogen and oxygen atoms in total. The van der Waals surface area contributed by atoms with Crippen molar-refractivity contribution in [2.24, 2.45) is 5.73 Å². The SMILES string of the molecule is N/C=C\[N+](=O)[O-]. The normalized spacial score (nSPS) is 9.33. The lowest BCUT2D eigenvalue weighted by molar-refractivity contribution is -0.402. The summed E-state index contributed by atoms with van der Waals surface area (Å²) in [6.45, 7) is 0. The Morgan fingerprint density at radius 2 is 2.33 bits per heavy atom. The van der Waals surface area contributed by atoms with Gasteiger partial charge in [-0.25, -0.2) is 0 Å². The van der Waals surface area contributed by atoms with Crippen LogP contribution in [0.3, 0.4) is 0 Å². The number of nitro groups is 1. The molecular weight excluding hydrogens is 84.0 g/mol. The molecule has 0 saturated carbocycles. The molecule has 0 spiro atoms. The Hall–Kier alpha value is -1.06. The minimum Gasteiger partial charge on any atom is -0.400 e. The monoisotopic (exact) mass is 88.0 g/mol. The second-order valence-corrected chi connectivity index (χ2v) is 0.627. The van der Waals surface area contributed by atoms with Crippen LogP contribution in [0.4, 0.5) is 0 Å². The summed E-state index contributed by atoms with van der Waals surface area (Å²) in [7, 11) is 0. The second-order valence-electron chi connectivity index (χ2n) is 0.627. The molecule has 0 bridgehead atoms. The van der Waals surface area contributed by atoms with Gasteiger partial charge in [0.2, 0.25) is 6.20 Å². The molecule has 0 aliphatic rings. The molecule has 4 heteroatoms. The summed E-state index contributed by atoms with van der Waals surface area (Å²) in [5.74, 6) is 0. The molecule has 0 unspecified atom stereocenters. The van der Waals surface area contributed by atoms with Crippen molar-refractivity contribution < 1.29 is 4.92 Å². The third kappa shape index (κ3) is 2.94. The molecule has 2 N–H and O–H groups in total. The number of rotatable bonds is 1. The van der Waals surface area contributed by atoms with Gasteiger partial charge in [-0.1, -0.05) is 0 Å². The quantitative estimate of drug-likeness (QED) is 0.353. The largest absolute Gasteiger partial charge is 0.400 e. The molecule has 0 aromatic rings. The minimum atomic E-state index is -0.625. The molecule has 0 radical (unpaired) electrons. The molecule has 0 aromatic carbocycles. The summed E-state index contributed by atoms with van der Waals surface area (Å²) in [6, 6.07) is 0. The average Bonchev–Trinajstić information content (AvgIpc) is 1.35. The van der Waals surface area contributed by atoms with Gasteiger partial charge < -0.3 is 5.73 Å². The molecule has 0 aromatic heterocycles. The van der Waals surface area contributed by atoms with E-state index in [1.165, 1.54) is 0 Å². The first-order chi connectivity index (χ1) is 2.77. The zero-order valence-electron chi connectivity index (χ0n) is 3.00. The van der Waals surface area contributed by atoms with Gasteiger partial charge in [0, 0.05) is 0 Å². The first-order valence-corrected chi connectivity index (χ1v) is 1.29. The summed E-state index contributed by atoms with van der Waals surface area (Å²) >= 11 is 0. The summed E-state index contributed by atoms with van der Waals surface area (Å²) in [5, 5.41) is 9.24. The van der Waals surface area contributed by atoms with Crippen molar-refractivity contribution in [1.29, 1.82) is 0 Å². The van der Waals surface area contributed by atoms with E-state index in [2.05, 4.69) is 5.73 Å². The Kier molecular flexibility index (Phi) is 1.81. The minimum absolute atomic E-state index is 0.625. The molecule has 0 amide bonds. The van der Waals surface area contributed by atoms with Gasteiger partial charge in [0.05, 0.1) is 11.1 Å². The van der Waals surface area contributed by atoms with Gasteiger partial charge in [0.1, 0.15) is 0 Å². The lowest BCUT2D eigenvalue weighted by Crippen LogP contribution is -1.85. The second kappa shape index (κ2) is 2.19. The zero-order valence-corrected chi connectivity index (χ0v) is 3.00. The van der Waals surface area contributed by atoms with Crippen molar-refractivity contribution in [2.75, 3.05) is 0 Å². The Balaban J connectivity index is 3.30. The third-order valence-electron chi connectivity index (χ3n) is 0.208. The fourth-order valence-electron chi connectivity index (χ4n) is 0.0703. The van der Waals surface area contributed by atoms with E-state index >= 15 is 0 Å². The Morgan fingerprint density at radius 1 is 1.83 bits per heavy atom. The highest BCUT2D eigenvalue weighted by molar-refractivity contribution is 4.60. The Labute approximate surface area is 34.4 Å². The van der Waals surface area contributed by atoms with Gasteiger partial charge in [-0.3, -0.25) is 10.1 Å². The summed E-state index contributed by atoms with van der Waals surface area (Å²) in [5.41, 5.74) is 4.61. The van der Waals surface area contributed by atoms with E-state index < -0.39 is 4.92 Å². The Morgan fingerprint density at radius 3 is 2.33 bits per heavy atom. The zero-order chi connectivity index (χ0) is 4.99. The predicted octanol–water partition coefficient (Wildman–Crippen LogP) is -0.307. The van der Waals surface area contributed by atoms with E-state index in [0.29, 0.717) is 6.20 Å². The molecule has 0 aliphatic heterocycles. The molecule has 0 aliphatic carbocycles. The third-order valence-corrected chi connectivity index (χ3v) is 0.208. The maximum Gasteiger partial charge on any atom is 0.249 e. The van der Waals surface area contributed by atoms with E-state index in [0.717, 1.165) is 6.20 Å². The van der Waals surface area contributed by atoms with Crippen molar-refractivity contribution in [1.82, 2.24) is 0 Å². The van der Waals surface area contributed by atoms with Crippen molar-refractivity contribution in [2.45, 2.75) is 0 Å². The van der Waals surface area contributed by atoms with Crippen LogP contribution < -0.4 is 5.73 Å². The molecule has 0 saturated heterocycles. The average molecular weight is 88.1 g/mol. The number of hydrogen-bond acceptors (Lipinski definition) is 3. The highest BCUT2D eigenvalue weighted by atomic mass is 16.6. The summed E-state index contributed by atoms with van der Waals surface area (Å²) in [4.78, 5) is 8.61. The van der Waals surface area contributed by atoms with Crippen LogP contribution in [0.15, 0.2) is 12.4 Å². The van der Waals surface area contributed by atoms with Crippen LogP contribution in [0.2, 0.25) is 0 Å². The molecule has 0 fully saturated rings. The van der Waals surface area contributed by atoms with E-state index in [-0.39, 0.29) is 0 Å². The van der Waals surface area contributed by atoms with E-state index in [4.69, 9.17) is 0 Å². The lowest BCUT2D eigenvalue weighted by Gasteiger charge is -1.69. The first kappa shape index (κ1) is 4.94. The molecule has 34 valence electrons. The van der Waals surface area contributed by atoms with E-state index in [1.54, 1.807) is 0 Å². The van der Waals surface area contributed by atoms with Gasteiger partial charge in [-0.15, -0.1) is 0 Å². The topological polar surface area (TPSA) is 69.2 Å². The summed E-state index contributed by atoms with van der Waals surface area (Å²) < 4.78 is 0. The van der Waals surface area contributed by atoms with Crippen LogP contribution in [0.25, 0.3) is 0 Å².